The molecule has 2 aliphatic rings. The Hall–Kier alpha value is -1.08. The minimum absolute atomic E-state index is 0.0326. The van der Waals surface area contributed by atoms with Crippen LogP contribution in [0.2, 0.25) is 0 Å². The molecule has 0 aromatic heterocycles. The molecule has 1 heterocycles. The lowest BCUT2D eigenvalue weighted by molar-refractivity contribution is -0.124. The van der Waals surface area contributed by atoms with Crippen molar-refractivity contribution in [3.63, 3.8) is 0 Å². The van der Waals surface area contributed by atoms with Gasteiger partial charge in [0.25, 0.3) is 0 Å². The third-order valence-corrected chi connectivity index (χ3v) is 4.85. The number of nitrogens with zero attached hydrogens (tertiary/aromatic N) is 2. The molecule has 1 N–H and O–H groups in total. The molecule has 0 bridgehead atoms. The molecule has 4 nitrogen and oxygen atoms in total. The molecule has 2 fully saturated rings. The fourth-order valence-electron chi connectivity index (χ4n) is 3.56. The van der Waals surface area contributed by atoms with Crippen molar-refractivity contribution in [2.75, 3.05) is 19.6 Å². The van der Waals surface area contributed by atoms with Gasteiger partial charge < -0.3 is 5.32 Å². The summed E-state index contributed by atoms with van der Waals surface area (Å²) in [5, 5.41) is 12.4. The lowest BCUT2D eigenvalue weighted by Gasteiger charge is -2.34. The second-order valence-electron chi connectivity index (χ2n) is 6.45. The van der Waals surface area contributed by atoms with Crippen molar-refractivity contribution in [3.8, 4) is 6.07 Å². The number of hydrogen-bond donors (Lipinski definition) is 1. The van der Waals surface area contributed by atoms with Gasteiger partial charge in [0.15, 0.2) is 0 Å². The molecule has 2 rings (SSSR count). The fourth-order valence-corrected chi connectivity index (χ4v) is 3.56. The molecule has 0 spiro atoms. The Balaban J connectivity index is 1.83. The molecule has 0 aromatic carbocycles. The maximum atomic E-state index is 12.2. The van der Waals surface area contributed by atoms with Crippen molar-refractivity contribution in [1.29, 1.82) is 5.26 Å². The van der Waals surface area contributed by atoms with Crippen LogP contribution in [0.15, 0.2) is 0 Å². The van der Waals surface area contributed by atoms with E-state index in [1.165, 1.54) is 25.7 Å². The average molecular weight is 277 g/mol. The summed E-state index contributed by atoms with van der Waals surface area (Å²) >= 11 is 0. The van der Waals surface area contributed by atoms with Gasteiger partial charge in [0.1, 0.15) is 5.54 Å². The summed E-state index contributed by atoms with van der Waals surface area (Å²) < 4.78 is 0. The van der Waals surface area contributed by atoms with Gasteiger partial charge in [-0.2, -0.15) is 5.26 Å². The number of carbonyl (C=O) groups excluding carboxylic acids is 1. The molecule has 1 atom stereocenters. The fraction of sp³-hybridized carbons (Fsp3) is 0.875. The smallest absolute Gasteiger partial charge is 0.235 e. The summed E-state index contributed by atoms with van der Waals surface area (Å²) in [5.74, 6) is 0.765. The first-order chi connectivity index (χ1) is 9.67. The van der Waals surface area contributed by atoms with Gasteiger partial charge in [-0.3, -0.25) is 9.69 Å². The number of nitrogens with one attached hydrogen (secondary N) is 1. The summed E-state index contributed by atoms with van der Waals surface area (Å²) in [4.78, 5) is 14.5. The van der Waals surface area contributed by atoms with E-state index in [0.717, 1.165) is 44.7 Å². The van der Waals surface area contributed by atoms with E-state index in [4.69, 9.17) is 0 Å². The highest BCUT2D eigenvalue weighted by Crippen LogP contribution is 2.27. The second-order valence-corrected chi connectivity index (χ2v) is 6.45. The first-order valence-electron chi connectivity index (χ1n) is 8.12. The zero-order valence-electron chi connectivity index (χ0n) is 12.7. The number of rotatable bonds is 4. The predicted octanol–water partition coefficient (Wildman–Crippen LogP) is 2.45. The Kier molecular flexibility index (Phi) is 5.42. The van der Waals surface area contributed by atoms with Crippen LogP contribution in [0.25, 0.3) is 0 Å². The Morgan fingerprint density at radius 1 is 1.35 bits per heavy atom. The van der Waals surface area contributed by atoms with Gasteiger partial charge in [0.2, 0.25) is 5.91 Å². The van der Waals surface area contributed by atoms with E-state index in [2.05, 4.69) is 23.2 Å². The highest BCUT2D eigenvalue weighted by Gasteiger charge is 2.34. The summed E-state index contributed by atoms with van der Waals surface area (Å²) in [6.45, 7) is 4.73. The second kappa shape index (κ2) is 7.08. The monoisotopic (exact) mass is 277 g/mol. The largest absolute Gasteiger partial charge is 0.337 e. The molecule has 1 aliphatic heterocycles. The van der Waals surface area contributed by atoms with Crippen LogP contribution in [0.4, 0.5) is 0 Å². The van der Waals surface area contributed by atoms with Crippen LogP contribution < -0.4 is 5.32 Å². The zero-order valence-corrected chi connectivity index (χ0v) is 12.7. The van der Waals surface area contributed by atoms with Gasteiger partial charge in [-0.05, 0) is 38.1 Å². The van der Waals surface area contributed by atoms with E-state index >= 15 is 0 Å². The Labute approximate surface area is 122 Å². The predicted molar refractivity (Wildman–Crippen MR) is 79.0 cm³/mol. The van der Waals surface area contributed by atoms with Crippen LogP contribution in [0.5, 0.6) is 0 Å². The van der Waals surface area contributed by atoms with E-state index in [1.807, 2.05) is 0 Å². The van der Waals surface area contributed by atoms with Gasteiger partial charge in [-0.25, -0.2) is 0 Å². The maximum absolute atomic E-state index is 12.2. The first kappa shape index (κ1) is 15.3. The van der Waals surface area contributed by atoms with E-state index in [0.29, 0.717) is 6.54 Å². The minimum atomic E-state index is -0.588. The van der Waals surface area contributed by atoms with Crippen LogP contribution in [0.1, 0.15) is 58.3 Å². The number of hydrogen-bond acceptors (Lipinski definition) is 3. The topological polar surface area (TPSA) is 56.1 Å². The number of likely N-dealkylation sites (tertiary alicyclic amines) is 1. The van der Waals surface area contributed by atoms with Crippen molar-refractivity contribution in [1.82, 2.24) is 10.2 Å². The molecule has 1 saturated heterocycles. The Morgan fingerprint density at radius 3 is 2.75 bits per heavy atom. The minimum Gasteiger partial charge on any atom is -0.337 e. The van der Waals surface area contributed by atoms with E-state index in [-0.39, 0.29) is 5.91 Å². The number of nitriles is 1. The highest BCUT2D eigenvalue weighted by atomic mass is 16.2. The van der Waals surface area contributed by atoms with Crippen molar-refractivity contribution >= 4 is 5.91 Å². The summed E-state index contributed by atoms with van der Waals surface area (Å²) in [6.07, 6.45) is 8.58. The normalized spacial score (nSPS) is 26.7. The molecule has 20 heavy (non-hydrogen) atoms. The molecule has 0 aromatic rings. The van der Waals surface area contributed by atoms with Crippen LogP contribution in [-0.2, 0) is 4.79 Å². The lowest BCUT2D eigenvalue weighted by Crippen LogP contribution is -2.52. The number of amides is 1. The highest BCUT2D eigenvalue weighted by molar-refractivity contribution is 5.79. The van der Waals surface area contributed by atoms with Crippen molar-refractivity contribution < 1.29 is 4.79 Å². The molecule has 0 radical (unpaired) electrons. The molecule has 0 unspecified atom stereocenters. The average Bonchev–Trinajstić information content (AvgIpc) is 2.48. The summed E-state index contributed by atoms with van der Waals surface area (Å²) in [7, 11) is 0. The Morgan fingerprint density at radius 2 is 2.10 bits per heavy atom. The standard InChI is InChI=1S/C16H27N3O/c1-2-14-7-6-10-19(11-14)12-15(20)18-16(13-17)8-4-3-5-9-16/h14H,2-12H2,1H3,(H,18,20)/t14-/m1/s1. The third kappa shape index (κ3) is 3.96. The third-order valence-electron chi connectivity index (χ3n) is 4.85. The van der Waals surface area contributed by atoms with Crippen LogP contribution in [-0.4, -0.2) is 36.0 Å². The van der Waals surface area contributed by atoms with Crippen LogP contribution in [0.3, 0.4) is 0 Å². The van der Waals surface area contributed by atoms with E-state index < -0.39 is 5.54 Å². The van der Waals surface area contributed by atoms with Gasteiger partial charge in [-0.1, -0.05) is 32.6 Å². The number of piperidine rings is 1. The maximum Gasteiger partial charge on any atom is 0.235 e. The zero-order chi connectivity index (χ0) is 14.4. The van der Waals surface area contributed by atoms with E-state index in [9.17, 15) is 10.1 Å². The summed E-state index contributed by atoms with van der Waals surface area (Å²) in [5.41, 5.74) is -0.588. The molecule has 112 valence electrons. The van der Waals surface area contributed by atoms with Gasteiger partial charge in [-0.15, -0.1) is 0 Å². The molecular formula is C16H27N3O. The SMILES string of the molecule is CC[C@@H]1CCCN(CC(=O)NC2(C#N)CCCCC2)C1. The van der Waals surface area contributed by atoms with Crippen molar-refractivity contribution in [2.45, 2.75) is 63.8 Å². The van der Waals surface area contributed by atoms with Gasteiger partial charge in [0.05, 0.1) is 12.6 Å². The number of carbonyl (C=O) groups is 1. The molecule has 4 heteroatoms. The van der Waals surface area contributed by atoms with Crippen LogP contribution >= 0.6 is 0 Å². The van der Waals surface area contributed by atoms with E-state index in [1.54, 1.807) is 0 Å². The van der Waals surface area contributed by atoms with Gasteiger partial charge in [0, 0.05) is 6.54 Å². The quantitative estimate of drug-likeness (QED) is 0.858. The van der Waals surface area contributed by atoms with Crippen molar-refractivity contribution in [2.24, 2.45) is 5.92 Å². The first-order valence-corrected chi connectivity index (χ1v) is 8.12. The summed E-state index contributed by atoms with van der Waals surface area (Å²) in [6, 6.07) is 2.36. The lowest BCUT2D eigenvalue weighted by atomic mass is 9.83. The molecule has 1 aliphatic carbocycles. The van der Waals surface area contributed by atoms with Crippen LogP contribution in [0, 0.1) is 17.2 Å². The van der Waals surface area contributed by atoms with Gasteiger partial charge >= 0.3 is 0 Å². The molecule has 1 amide bonds. The molecular weight excluding hydrogens is 250 g/mol. The Bertz CT molecular complexity index is 368. The van der Waals surface area contributed by atoms with Crippen molar-refractivity contribution in [3.05, 3.63) is 0 Å². The molecule has 1 saturated carbocycles.